The number of benzene rings is 3. The summed E-state index contributed by atoms with van der Waals surface area (Å²) in [5, 5.41) is 11.6. The standard InChI is InChI=1S/C16H12F2O/c1-8-3-5-10-11-6-4-9(2)16(18)14(11)13(19)7-12(10)15(8)17/h3-7,19H,1-2H3. The van der Waals surface area contributed by atoms with Gasteiger partial charge in [0, 0.05) is 5.39 Å². The van der Waals surface area contributed by atoms with E-state index in [0.29, 0.717) is 27.3 Å². The molecule has 0 spiro atoms. The van der Waals surface area contributed by atoms with Gasteiger partial charge in [-0.15, -0.1) is 0 Å². The Morgan fingerprint density at radius 2 is 1.37 bits per heavy atom. The molecule has 1 nitrogen and oxygen atoms in total. The van der Waals surface area contributed by atoms with Gasteiger partial charge in [0.25, 0.3) is 0 Å². The Kier molecular flexibility index (Phi) is 2.45. The van der Waals surface area contributed by atoms with E-state index in [0.717, 1.165) is 0 Å². The Bertz CT molecular complexity index is 822. The molecule has 0 unspecified atom stereocenters. The van der Waals surface area contributed by atoms with Crippen LogP contribution in [-0.2, 0) is 0 Å². The third-order valence-corrected chi connectivity index (χ3v) is 3.54. The lowest BCUT2D eigenvalue weighted by atomic mass is 9.97. The molecule has 0 aliphatic carbocycles. The highest BCUT2D eigenvalue weighted by molar-refractivity contribution is 6.10. The van der Waals surface area contributed by atoms with Gasteiger partial charge in [-0.1, -0.05) is 24.3 Å². The maximum atomic E-state index is 14.1. The van der Waals surface area contributed by atoms with Crippen molar-refractivity contribution in [2.75, 3.05) is 0 Å². The summed E-state index contributed by atoms with van der Waals surface area (Å²) in [4.78, 5) is 0. The molecule has 3 rings (SSSR count). The van der Waals surface area contributed by atoms with Crippen LogP contribution in [0.1, 0.15) is 11.1 Å². The molecule has 0 amide bonds. The topological polar surface area (TPSA) is 20.2 Å². The van der Waals surface area contributed by atoms with Gasteiger partial charge in [-0.25, -0.2) is 8.78 Å². The second kappa shape index (κ2) is 3.92. The van der Waals surface area contributed by atoms with Gasteiger partial charge >= 0.3 is 0 Å². The molecule has 96 valence electrons. The fourth-order valence-corrected chi connectivity index (χ4v) is 2.44. The highest BCUT2D eigenvalue weighted by atomic mass is 19.1. The summed E-state index contributed by atoms with van der Waals surface area (Å²) >= 11 is 0. The van der Waals surface area contributed by atoms with Crippen molar-refractivity contribution in [1.29, 1.82) is 0 Å². The van der Waals surface area contributed by atoms with Gasteiger partial charge < -0.3 is 5.11 Å². The zero-order valence-corrected chi connectivity index (χ0v) is 10.6. The van der Waals surface area contributed by atoms with Gasteiger partial charge in [-0.3, -0.25) is 0 Å². The first-order valence-electron chi connectivity index (χ1n) is 6.00. The lowest BCUT2D eigenvalue weighted by Crippen LogP contribution is -1.90. The normalized spacial score (nSPS) is 11.4. The number of aromatic hydroxyl groups is 1. The molecular weight excluding hydrogens is 246 g/mol. The number of phenolic OH excluding ortho intramolecular Hbond substituents is 1. The van der Waals surface area contributed by atoms with Crippen molar-refractivity contribution in [1.82, 2.24) is 0 Å². The molecule has 19 heavy (non-hydrogen) atoms. The minimum absolute atomic E-state index is 0.149. The largest absolute Gasteiger partial charge is 0.507 e. The molecule has 3 aromatic rings. The number of hydrogen-bond acceptors (Lipinski definition) is 1. The Hall–Kier alpha value is -2.16. The van der Waals surface area contributed by atoms with E-state index < -0.39 is 5.82 Å². The molecule has 3 aromatic carbocycles. The van der Waals surface area contributed by atoms with Gasteiger partial charge in [0.1, 0.15) is 17.4 Å². The highest BCUT2D eigenvalue weighted by Crippen LogP contribution is 2.36. The molecular formula is C16H12F2O. The summed E-state index contributed by atoms with van der Waals surface area (Å²) < 4.78 is 28.2. The van der Waals surface area contributed by atoms with Gasteiger partial charge in [-0.05, 0) is 41.8 Å². The van der Waals surface area contributed by atoms with Crippen LogP contribution < -0.4 is 0 Å². The Morgan fingerprint density at radius 1 is 0.789 bits per heavy atom. The number of phenols is 1. The van der Waals surface area contributed by atoms with E-state index >= 15 is 0 Å². The predicted molar refractivity (Wildman–Crippen MR) is 72.5 cm³/mol. The Labute approximate surface area is 109 Å². The molecule has 0 atom stereocenters. The van der Waals surface area contributed by atoms with Crippen LogP contribution in [-0.4, -0.2) is 5.11 Å². The van der Waals surface area contributed by atoms with Crippen molar-refractivity contribution in [3.8, 4) is 5.75 Å². The maximum absolute atomic E-state index is 14.1. The fraction of sp³-hybridized carbons (Fsp3) is 0.125. The second-order valence-electron chi connectivity index (χ2n) is 4.81. The van der Waals surface area contributed by atoms with Crippen LogP contribution in [0.2, 0.25) is 0 Å². The van der Waals surface area contributed by atoms with Gasteiger partial charge in [0.05, 0.1) is 5.39 Å². The van der Waals surface area contributed by atoms with Crippen molar-refractivity contribution >= 4 is 21.5 Å². The summed E-state index contributed by atoms with van der Waals surface area (Å²) in [6.45, 7) is 3.29. The smallest absolute Gasteiger partial charge is 0.137 e. The minimum Gasteiger partial charge on any atom is -0.507 e. The molecule has 0 bridgehead atoms. The molecule has 1 N–H and O–H groups in total. The number of aryl methyl sites for hydroxylation is 2. The third kappa shape index (κ3) is 1.58. The van der Waals surface area contributed by atoms with Crippen molar-refractivity contribution in [3.05, 3.63) is 53.1 Å². The predicted octanol–water partition coefficient (Wildman–Crippen LogP) is 4.59. The zero-order chi connectivity index (χ0) is 13.7. The van der Waals surface area contributed by atoms with Crippen LogP contribution in [0.4, 0.5) is 8.78 Å². The first kappa shape index (κ1) is 11.9. The van der Waals surface area contributed by atoms with Gasteiger partial charge in [0.15, 0.2) is 0 Å². The summed E-state index contributed by atoms with van der Waals surface area (Å²) in [7, 11) is 0. The monoisotopic (exact) mass is 258 g/mol. The van der Waals surface area contributed by atoms with Crippen molar-refractivity contribution in [3.63, 3.8) is 0 Å². The minimum atomic E-state index is -0.460. The average molecular weight is 258 g/mol. The zero-order valence-electron chi connectivity index (χ0n) is 10.6. The summed E-state index contributed by atoms with van der Waals surface area (Å²) in [6, 6.07) is 8.05. The van der Waals surface area contributed by atoms with Crippen molar-refractivity contribution in [2.24, 2.45) is 0 Å². The number of halogens is 2. The van der Waals surface area contributed by atoms with E-state index in [1.165, 1.54) is 6.07 Å². The molecule has 0 heterocycles. The van der Waals surface area contributed by atoms with Crippen LogP contribution in [0.25, 0.3) is 21.5 Å². The number of hydrogen-bond donors (Lipinski definition) is 1. The Morgan fingerprint density at radius 3 is 2.05 bits per heavy atom. The van der Waals surface area contributed by atoms with Crippen LogP contribution >= 0.6 is 0 Å². The molecule has 0 aliphatic rings. The van der Waals surface area contributed by atoms with Crippen molar-refractivity contribution in [2.45, 2.75) is 13.8 Å². The van der Waals surface area contributed by atoms with Gasteiger partial charge in [0.2, 0.25) is 0 Å². The van der Waals surface area contributed by atoms with E-state index in [1.54, 1.807) is 38.1 Å². The van der Waals surface area contributed by atoms with Crippen LogP contribution in [0.5, 0.6) is 5.75 Å². The number of fused-ring (bicyclic) bond motifs is 3. The quantitative estimate of drug-likeness (QED) is 0.584. The summed E-state index contributed by atoms with van der Waals surface area (Å²) in [5.41, 5.74) is 0.952. The SMILES string of the molecule is Cc1ccc2c(cc(O)c3c(F)c(C)ccc32)c1F. The second-order valence-corrected chi connectivity index (χ2v) is 4.81. The average Bonchev–Trinajstić information content (AvgIpc) is 2.38. The van der Waals surface area contributed by atoms with E-state index in [-0.39, 0.29) is 17.0 Å². The van der Waals surface area contributed by atoms with Crippen LogP contribution in [0.3, 0.4) is 0 Å². The number of rotatable bonds is 0. The first-order valence-corrected chi connectivity index (χ1v) is 6.00. The first-order chi connectivity index (χ1) is 9.00. The highest BCUT2D eigenvalue weighted by Gasteiger charge is 2.14. The van der Waals surface area contributed by atoms with Crippen molar-refractivity contribution < 1.29 is 13.9 Å². The Balaban J connectivity index is 2.62. The van der Waals surface area contributed by atoms with E-state index in [2.05, 4.69) is 0 Å². The van der Waals surface area contributed by atoms with Crippen LogP contribution in [0.15, 0.2) is 30.3 Å². The molecule has 0 saturated carbocycles. The molecule has 0 fully saturated rings. The van der Waals surface area contributed by atoms with E-state index in [1.807, 2.05) is 0 Å². The molecule has 0 saturated heterocycles. The molecule has 0 aromatic heterocycles. The summed E-state index contributed by atoms with van der Waals surface area (Å²) in [6.07, 6.45) is 0. The lowest BCUT2D eigenvalue weighted by molar-refractivity contribution is 0.478. The third-order valence-electron chi connectivity index (χ3n) is 3.54. The molecule has 3 heteroatoms. The lowest BCUT2D eigenvalue weighted by Gasteiger charge is -2.10. The maximum Gasteiger partial charge on any atom is 0.137 e. The van der Waals surface area contributed by atoms with Gasteiger partial charge in [-0.2, -0.15) is 0 Å². The van der Waals surface area contributed by atoms with E-state index in [9.17, 15) is 13.9 Å². The molecule has 0 aliphatic heterocycles. The van der Waals surface area contributed by atoms with Crippen LogP contribution in [0, 0.1) is 25.5 Å². The fourth-order valence-electron chi connectivity index (χ4n) is 2.44. The van der Waals surface area contributed by atoms with E-state index in [4.69, 9.17) is 0 Å². The summed E-state index contributed by atoms with van der Waals surface area (Å²) in [5.74, 6) is -1.07. The molecule has 0 radical (unpaired) electrons.